The van der Waals surface area contributed by atoms with E-state index >= 15 is 0 Å². The average molecular weight is 389 g/mol. The molecular weight excluding hydrogens is 370 g/mol. The highest BCUT2D eigenvalue weighted by Gasteiger charge is 2.20. The lowest BCUT2D eigenvalue weighted by Gasteiger charge is -2.11. The lowest BCUT2D eigenvalue weighted by molar-refractivity contribution is 0.378. The Morgan fingerprint density at radius 2 is 1.85 bits per heavy atom. The van der Waals surface area contributed by atoms with Crippen molar-refractivity contribution in [2.75, 3.05) is 20.8 Å². The Labute approximate surface area is 157 Å². The summed E-state index contributed by atoms with van der Waals surface area (Å²) >= 11 is 0. The van der Waals surface area contributed by atoms with E-state index in [4.69, 9.17) is 14.0 Å². The molecule has 0 fully saturated rings. The fourth-order valence-electron chi connectivity index (χ4n) is 2.43. The third-order valence-corrected chi connectivity index (χ3v) is 5.29. The molecule has 0 aliphatic heterocycles. The van der Waals surface area contributed by atoms with Gasteiger partial charge < -0.3 is 14.0 Å². The number of rotatable bonds is 8. The van der Waals surface area contributed by atoms with Crippen molar-refractivity contribution in [1.82, 2.24) is 14.9 Å². The van der Waals surface area contributed by atoms with Crippen LogP contribution in [0.5, 0.6) is 11.5 Å². The van der Waals surface area contributed by atoms with Gasteiger partial charge in [-0.05, 0) is 12.1 Å². The Hall–Kier alpha value is -2.91. The van der Waals surface area contributed by atoms with Crippen LogP contribution in [0.1, 0.15) is 5.89 Å². The van der Waals surface area contributed by atoms with E-state index in [-0.39, 0.29) is 23.6 Å². The molecule has 1 heterocycles. The summed E-state index contributed by atoms with van der Waals surface area (Å²) in [6.07, 6.45) is 0.261. The van der Waals surface area contributed by atoms with Crippen LogP contribution in [0.3, 0.4) is 0 Å². The van der Waals surface area contributed by atoms with Crippen LogP contribution in [0.25, 0.3) is 11.4 Å². The third-order valence-electron chi connectivity index (χ3n) is 3.79. The Kier molecular flexibility index (Phi) is 5.72. The summed E-state index contributed by atoms with van der Waals surface area (Å²) in [6.45, 7) is 0.105. The molecule has 27 heavy (non-hydrogen) atoms. The van der Waals surface area contributed by atoms with Gasteiger partial charge >= 0.3 is 0 Å². The lowest BCUT2D eigenvalue weighted by atomic mass is 10.2. The standard InChI is InChI=1S/C18H19N3O5S/c1-24-14-8-9-16(15(12-14)25-2)27(22,23)19-11-10-17-20-18(21-26-17)13-6-4-3-5-7-13/h3-9,12,19H,10-11H2,1-2H3. The Morgan fingerprint density at radius 3 is 2.56 bits per heavy atom. The molecule has 0 atom stereocenters. The van der Waals surface area contributed by atoms with E-state index in [1.165, 1.54) is 26.4 Å². The average Bonchev–Trinajstić information content (AvgIpc) is 3.17. The molecule has 8 nitrogen and oxygen atoms in total. The SMILES string of the molecule is COc1ccc(S(=O)(=O)NCCc2nc(-c3ccccc3)no2)c(OC)c1. The molecule has 0 spiro atoms. The first kappa shape index (κ1) is 18.9. The van der Waals surface area contributed by atoms with Gasteiger partial charge in [0.2, 0.25) is 21.7 Å². The second-order valence-corrected chi connectivity index (χ2v) is 7.28. The summed E-state index contributed by atoms with van der Waals surface area (Å²) in [6, 6.07) is 13.9. The Bertz CT molecular complexity index is 1000. The van der Waals surface area contributed by atoms with Crippen molar-refractivity contribution >= 4 is 10.0 Å². The number of methoxy groups -OCH3 is 2. The predicted molar refractivity (Wildman–Crippen MR) is 98.2 cm³/mol. The number of hydrogen-bond acceptors (Lipinski definition) is 7. The molecule has 0 bridgehead atoms. The van der Waals surface area contributed by atoms with Crippen LogP contribution in [-0.4, -0.2) is 39.3 Å². The summed E-state index contributed by atoms with van der Waals surface area (Å²) < 4.78 is 43.0. The first-order valence-electron chi connectivity index (χ1n) is 8.13. The fraction of sp³-hybridized carbons (Fsp3) is 0.222. The third kappa shape index (κ3) is 4.44. The second-order valence-electron chi connectivity index (χ2n) is 5.54. The molecule has 0 saturated heterocycles. The summed E-state index contributed by atoms with van der Waals surface area (Å²) in [5.41, 5.74) is 0.830. The van der Waals surface area contributed by atoms with Crippen LogP contribution in [0, 0.1) is 0 Å². The molecule has 0 radical (unpaired) electrons. The van der Waals surface area contributed by atoms with Crippen LogP contribution in [0.15, 0.2) is 57.9 Å². The van der Waals surface area contributed by atoms with Crippen LogP contribution in [0.4, 0.5) is 0 Å². The van der Waals surface area contributed by atoms with E-state index in [0.717, 1.165) is 5.56 Å². The van der Waals surface area contributed by atoms with Gasteiger partial charge in [-0.15, -0.1) is 0 Å². The zero-order valence-electron chi connectivity index (χ0n) is 14.9. The van der Waals surface area contributed by atoms with Crippen molar-refractivity contribution in [3.63, 3.8) is 0 Å². The fourth-order valence-corrected chi connectivity index (χ4v) is 3.61. The van der Waals surface area contributed by atoms with E-state index in [1.54, 1.807) is 6.07 Å². The number of nitrogens with zero attached hydrogens (tertiary/aromatic N) is 2. The minimum Gasteiger partial charge on any atom is -0.497 e. The number of ether oxygens (including phenoxy) is 2. The summed E-state index contributed by atoms with van der Waals surface area (Å²) in [7, 11) is -0.868. The van der Waals surface area contributed by atoms with Crippen LogP contribution in [0.2, 0.25) is 0 Å². The maximum Gasteiger partial charge on any atom is 0.244 e. The van der Waals surface area contributed by atoms with Gasteiger partial charge in [0.15, 0.2) is 0 Å². The molecule has 0 amide bonds. The number of sulfonamides is 1. The summed E-state index contributed by atoms with van der Waals surface area (Å²) in [4.78, 5) is 4.30. The number of aromatic nitrogens is 2. The smallest absolute Gasteiger partial charge is 0.244 e. The molecule has 142 valence electrons. The van der Waals surface area contributed by atoms with E-state index in [9.17, 15) is 8.42 Å². The number of hydrogen-bond donors (Lipinski definition) is 1. The monoisotopic (exact) mass is 389 g/mol. The zero-order valence-corrected chi connectivity index (χ0v) is 15.7. The van der Waals surface area contributed by atoms with Gasteiger partial charge in [-0.1, -0.05) is 35.5 Å². The first-order chi connectivity index (χ1) is 13.0. The van der Waals surface area contributed by atoms with E-state index < -0.39 is 10.0 Å². The number of nitrogens with one attached hydrogen (secondary N) is 1. The minimum atomic E-state index is -3.76. The molecule has 0 aliphatic rings. The van der Waals surface area contributed by atoms with E-state index in [1.807, 2.05) is 30.3 Å². The summed E-state index contributed by atoms with van der Waals surface area (Å²) in [5.74, 6) is 1.51. The second kappa shape index (κ2) is 8.19. The number of benzene rings is 2. The van der Waals surface area contributed by atoms with Gasteiger partial charge in [-0.3, -0.25) is 0 Å². The van der Waals surface area contributed by atoms with E-state index in [0.29, 0.717) is 17.5 Å². The van der Waals surface area contributed by atoms with Gasteiger partial charge in [-0.25, -0.2) is 13.1 Å². The molecule has 2 aromatic carbocycles. The molecule has 1 aromatic heterocycles. The normalized spacial score (nSPS) is 11.3. The highest BCUT2D eigenvalue weighted by molar-refractivity contribution is 7.89. The summed E-state index contributed by atoms with van der Waals surface area (Å²) in [5, 5.41) is 3.91. The van der Waals surface area contributed by atoms with Crippen LogP contribution in [-0.2, 0) is 16.4 Å². The van der Waals surface area contributed by atoms with Crippen molar-refractivity contribution in [2.24, 2.45) is 0 Å². The highest BCUT2D eigenvalue weighted by atomic mass is 32.2. The zero-order chi connectivity index (χ0) is 19.3. The minimum absolute atomic E-state index is 0.0290. The highest BCUT2D eigenvalue weighted by Crippen LogP contribution is 2.28. The van der Waals surface area contributed by atoms with Crippen molar-refractivity contribution in [3.8, 4) is 22.9 Å². The maximum absolute atomic E-state index is 12.5. The molecule has 0 unspecified atom stereocenters. The molecule has 1 N–H and O–H groups in total. The first-order valence-corrected chi connectivity index (χ1v) is 9.61. The van der Waals surface area contributed by atoms with Crippen LogP contribution >= 0.6 is 0 Å². The Morgan fingerprint density at radius 1 is 1.07 bits per heavy atom. The van der Waals surface area contributed by atoms with Gasteiger partial charge in [0.25, 0.3) is 0 Å². The topological polar surface area (TPSA) is 104 Å². The van der Waals surface area contributed by atoms with Crippen molar-refractivity contribution < 1.29 is 22.4 Å². The van der Waals surface area contributed by atoms with Gasteiger partial charge in [-0.2, -0.15) is 4.98 Å². The largest absolute Gasteiger partial charge is 0.497 e. The van der Waals surface area contributed by atoms with Gasteiger partial charge in [0.05, 0.1) is 14.2 Å². The van der Waals surface area contributed by atoms with Crippen molar-refractivity contribution in [3.05, 3.63) is 54.4 Å². The molecule has 3 rings (SSSR count). The predicted octanol–water partition coefficient (Wildman–Crippen LogP) is 2.27. The van der Waals surface area contributed by atoms with Gasteiger partial charge in [0.1, 0.15) is 16.4 Å². The Balaban J connectivity index is 1.66. The molecule has 0 saturated carbocycles. The molecular formula is C18H19N3O5S. The molecule has 3 aromatic rings. The molecule has 0 aliphatic carbocycles. The van der Waals surface area contributed by atoms with Gasteiger partial charge in [0, 0.05) is 24.6 Å². The van der Waals surface area contributed by atoms with Crippen molar-refractivity contribution in [1.29, 1.82) is 0 Å². The quantitative estimate of drug-likeness (QED) is 0.630. The molecule has 9 heteroatoms. The van der Waals surface area contributed by atoms with E-state index in [2.05, 4.69) is 14.9 Å². The maximum atomic E-state index is 12.5. The lowest BCUT2D eigenvalue weighted by Crippen LogP contribution is -2.26. The van der Waals surface area contributed by atoms with Crippen molar-refractivity contribution in [2.45, 2.75) is 11.3 Å². The van der Waals surface area contributed by atoms with Crippen LogP contribution < -0.4 is 14.2 Å².